The second kappa shape index (κ2) is 10.0. The van der Waals surface area contributed by atoms with Crippen molar-refractivity contribution < 1.29 is 14.3 Å². The molecule has 0 aliphatic heterocycles. The Labute approximate surface area is 173 Å². The standard InChI is InChI=1S/C25H26O3Si/c1-21(25(26)27)13-11-12-20-28-29(22-14-5-2-6-15-22,23-16-7-3-8-17-23)24-18-9-4-10-19-24/h2-10,14-19H,1,11-13,20H2,(H,26,27). The van der Waals surface area contributed by atoms with Gasteiger partial charge in [-0.1, -0.05) is 97.6 Å². The Kier molecular flexibility index (Phi) is 7.17. The van der Waals surface area contributed by atoms with Crippen LogP contribution in [0.2, 0.25) is 0 Å². The number of rotatable bonds is 10. The van der Waals surface area contributed by atoms with E-state index >= 15 is 0 Å². The van der Waals surface area contributed by atoms with Crippen molar-refractivity contribution >= 4 is 29.8 Å². The highest BCUT2D eigenvalue weighted by atomic mass is 28.4. The molecule has 0 aliphatic rings. The molecule has 0 aliphatic carbocycles. The lowest BCUT2D eigenvalue weighted by Crippen LogP contribution is -2.69. The Hall–Kier alpha value is -2.95. The van der Waals surface area contributed by atoms with E-state index in [-0.39, 0.29) is 5.57 Å². The highest BCUT2D eigenvalue weighted by molar-refractivity contribution is 7.07. The first-order valence-electron chi connectivity index (χ1n) is 9.86. The molecule has 0 atom stereocenters. The monoisotopic (exact) mass is 402 g/mol. The molecule has 0 saturated heterocycles. The molecule has 0 unspecified atom stereocenters. The third-order valence-electron chi connectivity index (χ3n) is 5.03. The van der Waals surface area contributed by atoms with Crippen molar-refractivity contribution in [1.82, 2.24) is 0 Å². The Balaban J connectivity index is 1.93. The fraction of sp³-hybridized carbons (Fsp3) is 0.160. The van der Waals surface area contributed by atoms with Gasteiger partial charge in [-0.3, -0.25) is 0 Å². The van der Waals surface area contributed by atoms with E-state index in [1.165, 1.54) is 15.6 Å². The van der Waals surface area contributed by atoms with Crippen LogP contribution in [0.25, 0.3) is 0 Å². The highest BCUT2D eigenvalue weighted by Crippen LogP contribution is 2.12. The van der Waals surface area contributed by atoms with Crippen molar-refractivity contribution in [2.24, 2.45) is 0 Å². The lowest BCUT2D eigenvalue weighted by molar-refractivity contribution is -0.132. The van der Waals surface area contributed by atoms with E-state index in [9.17, 15) is 4.79 Å². The van der Waals surface area contributed by atoms with E-state index in [2.05, 4.69) is 79.4 Å². The number of unbranched alkanes of at least 4 members (excludes halogenated alkanes) is 1. The predicted octanol–water partition coefficient (Wildman–Crippen LogP) is 3.48. The molecule has 0 aromatic heterocycles. The van der Waals surface area contributed by atoms with Crippen LogP contribution in [0.4, 0.5) is 0 Å². The van der Waals surface area contributed by atoms with Gasteiger partial charge in [-0.05, 0) is 34.8 Å². The van der Waals surface area contributed by atoms with Crippen LogP contribution in [0.1, 0.15) is 19.3 Å². The van der Waals surface area contributed by atoms with Crippen molar-refractivity contribution in [3.63, 3.8) is 0 Å². The van der Waals surface area contributed by atoms with E-state index in [1.807, 2.05) is 18.2 Å². The summed E-state index contributed by atoms with van der Waals surface area (Å²) in [6, 6.07) is 31.3. The summed E-state index contributed by atoms with van der Waals surface area (Å²) in [6.45, 7) is 4.18. The fourth-order valence-corrected chi connectivity index (χ4v) is 7.48. The SMILES string of the molecule is C=C(CCCCO[Si](c1ccccc1)(c1ccccc1)c1ccccc1)C(=O)O. The number of carboxylic acid groups (broad SMARTS) is 1. The smallest absolute Gasteiger partial charge is 0.330 e. The van der Waals surface area contributed by atoms with Crippen LogP contribution in [0.3, 0.4) is 0 Å². The molecular formula is C25H26O3Si. The first-order chi connectivity index (χ1) is 14.1. The van der Waals surface area contributed by atoms with E-state index in [0.717, 1.165) is 12.8 Å². The molecule has 148 valence electrons. The molecule has 0 radical (unpaired) electrons. The molecule has 3 rings (SSSR count). The second-order valence-electron chi connectivity index (χ2n) is 6.99. The number of carboxylic acids is 1. The van der Waals surface area contributed by atoms with Gasteiger partial charge in [0, 0.05) is 12.2 Å². The quantitative estimate of drug-likeness (QED) is 0.244. The summed E-state index contributed by atoms with van der Waals surface area (Å²) < 4.78 is 6.79. The van der Waals surface area contributed by atoms with Gasteiger partial charge in [-0.2, -0.15) is 0 Å². The van der Waals surface area contributed by atoms with E-state index < -0.39 is 14.3 Å². The summed E-state index contributed by atoms with van der Waals surface area (Å²) in [5.41, 5.74) is 0.252. The minimum Gasteiger partial charge on any atom is -0.478 e. The molecule has 3 nitrogen and oxygen atoms in total. The van der Waals surface area contributed by atoms with Crippen LogP contribution < -0.4 is 15.6 Å². The Morgan fingerprint density at radius 3 is 1.55 bits per heavy atom. The Morgan fingerprint density at radius 1 is 0.759 bits per heavy atom. The van der Waals surface area contributed by atoms with Gasteiger partial charge >= 0.3 is 5.97 Å². The Morgan fingerprint density at radius 2 is 1.17 bits per heavy atom. The van der Waals surface area contributed by atoms with Gasteiger partial charge in [0.25, 0.3) is 8.32 Å². The highest BCUT2D eigenvalue weighted by Gasteiger charge is 2.41. The summed E-state index contributed by atoms with van der Waals surface area (Å²) in [4.78, 5) is 11.0. The first kappa shape index (κ1) is 20.8. The van der Waals surface area contributed by atoms with Crippen molar-refractivity contribution in [2.45, 2.75) is 19.3 Å². The van der Waals surface area contributed by atoms with Gasteiger partial charge < -0.3 is 9.53 Å². The number of hydrogen-bond acceptors (Lipinski definition) is 2. The molecule has 3 aromatic rings. The largest absolute Gasteiger partial charge is 0.478 e. The normalized spacial score (nSPS) is 11.2. The van der Waals surface area contributed by atoms with E-state index in [0.29, 0.717) is 13.0 Å². The average Bonchev–Trinajstić information content (AvgIpc) is 2.78. The third-order valence-corrected chi connectivity index (χ3v) is 9.11. The number of carbonyl (C=O) groups is 1. The van der Waals surface area contributed by atoms with Gasteiger partial charge in [0.15, 0.2) is 0 Å². The third kappa shape index (κ3) is 4.91. The molecule has 4 heteroatoms. The molecule has 3 aromatic carbocycles. The van der Waals surface area contributed by atoms with Crippen molar-refractivity contribution in [3.05, 3.63) is 103 Å². The summed E-state index contributed by atoms with van der Waals surface area (Å²) in [5, 5.41) is 12.6. The zero-order valence-corrected chi connectivity index (χ0v) is 17.5. The average molecular weight is 403 g/mol. The van der Waals surface area contributed by atoms with Crippen LogP contribution in [-0.4, -0.2) is 26.0 Å². The molecule has 0 spiro atoms. The van der Waals surface area contributed by atoms with E-state index in [4.69, 9.17) is 9.53 Å². The predicted molar refractivity (Wildman–Crippen MR) is 121 cm³/mol. The van der Waals surface area contributed by atoms with Crippen LogP contribution in [-0.2, 0) is 9.22 Å². The van der Waals surface area contributed by atoms with Crippen LogP contribution in [0.15, 0.2) is 103 Å². The maximum atomic E-state index is 11.0. The van der Waals surface area contributed by atoms with Gasteiger partial charge in [-0.25, -0.2) is 4.79 Å². The van der Waals surface area contributed by atoms with Gasteiger partial charge in [0.05, 0.1) is 0 Å². The van der Waals surface area contributed by atoms with Gasteiger partial charge in [-0.15, -0.1) is 0 Å². The van der Waals surface area contributed by atoms with Crippen molar-refractivity contribution in [1.29, 1.82) is 0 Å². The molecule has 29 heavy (non-hydrogen) atoms. The van der Waals surface area contributed by atoms with Crippen LogP contribution in [0.5, 0.6) is 0 Å². The number of aliphatic carboxylic acids is 1. The summed E-state index contributed by atoms with van der Waals surface area (Å²) in [5.74, 6) is -0.924. The molecule has 0 amide bonds. The molecular weight excluding hydrogens is 376 g/mol. The zero-order chi connectivity index (χ0) is 20.5. The molecule has 0 heterocycles. The molecule has 0 fully saturated rings. The zero-order valence-electron chi connectivity index (χ0n) is 16.5. The Bertz CT molecular complexity index is 827. The summed E-state index contributed by atoms with van der Waals surface area (Å²) >= 11 is 0. The molecule has 0 bridgehead atoms. The topological polar surface area (TPSA) is 46.5 Å². The van der Waals surface area contributed by atoms with Gasteiger partial charge in [0.2, 0.25) is 0 Å². The minimum absolute atomic E-state index is 0.252. The van der Waals surface area contributed by atoms with Crippen LogP contribution in [0, 0.1) is 0 Å². The number of benzene rings is 3. The minimum atomic E-state index is -2.66. The maximum Gasteiger partial charge on any atom is 0.330 e. The molecule has 1 N–H and O–H groups in total. The fourth-order valence-electron chi connectivity index (χ4n) is 3.54. The number of hydrogen-bond donors (Lipinski definition) is 1. The van der Waals surface area contributed by atoms with Crippen LogP contribution >= 0.6 is 0 Å². The summed E-state index contributed by atoms with van der Waals surface area (Å²) in [7, 11) is -2.66. The second-order valence-corrected chi connectivity index (χ2v) is 10.4. The first-order valence-corrected chi connectivity index (χ1v) is 11.8. The van der Waals surface area contributed by atoms with Gasteiger partial charge in [0.1, 0.15) is 0 Å². The molecule has 0 saturated carbocycles. The lowest BCUT2D eigenvalue weighted by atomic mass is 10.1. The maximum absolute atomic E-state index is 11.0. The lowest BCUT2D eigenvalue weighted by Gasteiger charge is -2.33. The van der Waals surface area contributed by atoms with Crippen molar-refractivity contribution in [2.75, 3.05) is 6.61 Å². The van der Waals surface area contributed by atoms with E-state index in [1.54, 1.807) is 0 Å². The van der Waals surface area contributed by atoms with Crippen molar-refractivity contribution in [3.8, 4) is 0 Å². The summed E-state index contributed by atoms with van der Waals surface area (Å²) in [6.07, 6.45) is 2.01.